The number of halogens is 1. The standard InChI is InChI=1S/C38H42ClN3O5S/c1-28-14-12-13-17-30(28)26-41(35(24-29-15-6-3-7-16-29)38(44)40-31-18-8-4-9-19-31)37(43)27-42(32-22-23-36(47-2)34(39)25-32)48(45,46)33-20-10-5-11-21-33/h3,5-7,10-17,20-23,25,31,35H,4,8-9,18-19,24,26-27H2,1-2H3,(H,40,44). The molecule has 1 fully saturated rings. The highest BCUT2D eigenvalue weighted by molar-refractivity contribution is 7.92. The van der Waals surface area contributed by atoms with Gasteiger partial charge in [-0.25, -0.2) is 8.42 Å². The molecule has 0 radical (unpaired) electrons. The first-order valence-electron chi connectivity index (χ1n) is 16.3. The normalized spacial score (nSPS) is 14.1. The molecule has 1 aliphatic rings. The number of nitrogens with one attached hydrogen (secondary N) is 1. The average molecular weight is 688 g/mol. The van der Waals surface area contributed by atoms with Crippen LogP contribution in [-0.2, 0) is 32.6 Å². The summed E-state index contributed by atoms with van der Waals surface area (Å²) in [4.78, 5) is 30.6. The van der Waals surface area contributed by atoms with Gasteiger partial charge >= 0.3 is 0 Å². The van der Waals surface area contributed by atoms with Gasteiger partial charge in [-0.3, -0.25) is 13.9 Å². The van der Waals surface area contributed by atoms with Crippen molar-refractivity contribution in [2.75, 3.05) is 18.0 Å². The minimum Gasteiger partial charge on any atom is -0.495 e. The monoisotopic (exact) mass is 687 g/mol. The van der Waals surface area contributed by atoms with Crippen molar-refractivity contribution in [2.24, 2.45) is 0 Å². The molecule has 2 amide bonds. The van der Waals surface area contributed by atoms with E-state index in [0.717, 1.165) is 53.1 Å². The number of sulfonamides is 1. The van der Waals surface area contributed by atoms with Crippen LogP contribution in [0.25, 0.3) is 0 Å². The minimum absolute atomic E-state index is 0.0195. The lowest BCUT2D eigenvalue weighted by atomic mass is 9.94. The van der Waals surface area contributed by atoms with Crippen LogP contribution >= 0.6 is 11.6 Å². The van der Waals surface area contributed by atoms with Crippen molar-refractivity contribution >= 4 is 39.1 Å². The van der Waals surface area contributed by atoms with E-state index in [4.69, 9.17) is 16.3 Å². The molecule has 1 atom stereocenters. The fourth-order valence-corrected chi connectivity index (χ4v) is 7.81. The van der Waals surface area contributed by atoms with Crippen LogP contribution in [0.5, 0.6) is 5.75 Å². The number of carbonyl (C=O) groups is 2. The Kier molecular flexibility index (Phi) is 11.8. The fraction of sp³-hybridized carbons (Fsp3) is 0.316. The fourth-order valence-electron chi connectivity index (χ4n) is 6.13. The lowest BCUT2D eigenvalue weighted by Gasteiger charge is -2.35. The van der Waals surface area contributed by atoms with E-state index in [1.165, 1.54) is 30.2 Å². The highest BCUT2D eigenvalue weighted by atomic mass is 35.5. The molecule has 48 heavy (non-hydrogen) atoms. The number of anilines is 1. The first-order valence-corrected chi connectivity index (χ1v) is 18.1. The van der Waals surface area contributed by atoms with E-state index in [1.54, 1.807) is 30.3 Å². The van der Waals surface area contributed by atoms with Gasteiger partial charge in [-0.15, -0.1) is 0 Å². The quantitative estimate of drug-likeness (QED) is 0.164. The summed E-state index contributed by atoms with van der Waals surface area (Å²) < 4.78 is 34.8. The van der Waals surface area contributed by atoms with E-state index in [9.17, 15) is 18.0 Å². The van der Waals surface area contributed by atoms with Gasteiger partial charge in [-0.05, 0) is 66.8 Å². The first-order chi connectivity index (χ1) is 23.2. The molecule has 0 bridgehead atoms. The molecule has 1 N–H and O–H groups in total. The highest BCUT2D eigenvalue weighted by Crippen LogP contribution is 2.32. The summed E-state index contributed by atoms with van der Waals surface area (Å²) >= 11 is 6.47. The van der Waals surface area contributed by atoms with Crippen LogP contribution in [0.3, 0.4) is 0 Å². The van der Waals surface area contributed by atoms with Gasteiger partial charge in [-0.2, -0.15) is 0 Å². The smallest absolute Gasteiger partial charge is 0.264 e. The summed E-state index contributed by atoms with van der Waals surface area (Å²) in [5.41, 5.74) is 2.90. The Balaban J connectivity index is 1.58. The summed E-state index contributed by atoms with van der Waals surface area (Å²) in [7, 11) is -2.77. The second-order valence-corrected chi connectivity index (χ2v) is 14.4. The van der Waals surface area contributed by atoms with Crippen molar-refractivity contribution < 1.29 is 22.7 Å². The van der Waals surface area contributed by atoms with Gasteiger partial charge < -0.3 is 15.0 Å². The second-order valence-electron chi connectivity index (χ2n) is 12.1. The maximum Gasteiger partial charge on any atom is 0.264 e. The molecule has 4 aromatic rings. The Morgan fingerprint density at radius 1 is 0.896 bits per heavy atom. The largest absolute Gasteiger partial charge is 0.495 e. The predicted molar refractivity (Wildman–Crippen MR) is 190 cm³/mol. The van der Waals surface area contributed by atoms with Gasteiger partial charge in [0.1, 0.15) is 18.3 Å². The van der Waals surface area contributed by atoms with E-state index in [0.29, 0.717) is 5.75 Å². The Morgan fingerprint density at radius 3 is 2.19 bits per heavy atom. The van der Waals surface area contributed by atoms with Gasteiger partial charge in [0, 0.05) is 19.0 Å². The van der Waals surface area contributed by atoms with Gasteiger partial charge in [0.25, 0.3) is 10.0 Å². The average Bonchev–Trinajstić information content (AvgIpc) is 3.10. The molecule has 4 aromatic carbocycles. The molecule has 5 rings (SSSR count). The lowest BCUT2D eigenvalue weighted by Crippen LogP contribution is -2.55. The minimum atomic E-state index is -4.24. The van der Waals surface area contributed by atoms with Crippen LogP contribution in [-0.4, -0.2) is 50.9 Å². The number of methoxy groups -OCH3 is 1. The number of ether oxygens (including phenoxy) is 1. The van der Waals surface area contributed by atoms with Crippen LogP contribution in [0.4, 0.5) is 5.69 Å². The SMILES string of the molecule is COc1ccc(N(CC(=O)N(Cc2ccccc2C)C(Cc2ccccc2)C(=O)NC2CCCCC2)S(=O)(=O)c2ccccc2)cc1Cl. The predicted octanol–water partition coefficient (Wildman–Crippen LogP) is 6.94. The molecular formula is C38H42ClN3O5S. The van der Waals surface area contributed by atoms with E-state index >= 15 is 0 Å². The molecule has 1 aliphatic carbocycles. The van der Waals surface area contributed by atoms with Crippen LogP contribution in [0.15, 0.2) is 108 Å². The van der Waals surface area contributed by atoms with Crippen LogP contribution in [0.2, 0.25) is 5.02 Å². The number of carbonyl (C=O) groups excluding carboxylic acids is 2. The van der Waals surface area contributed by atoms with Crippen molar-refractivity contribution in [2.45, 2.75) is 69.0 Å². The molecule has 0 aromatic heterocycles. The zero-order chi connectivity index (χ0) is 34.1. The molecule has 1 unspecified atom stereocenters. The molecule has 252 valence electrons. The highest BCUT2D eigenvalue weighted by Gasteiger charge is 2.35. The third-order valence-electron chi connectivity index (χ3n) is 8.86. The Hall–Kier alpha value is -4.34. The van der Waals surface area contributed by atoms with Crippen LogP contribution in [0, 0.1) is 6.92 Å². The number of hydrogen-bond donors (Lipinski definition) is 1. The first kappa shape index (κ1) is 35.0. The van der Waals surface area contributed by atoms with Gasteiger partial charge in [-0.1, -0.05) is 104 Å². The van der Waals surface area contributed by atoms with Gasteiger partial charge in [0.05, 0.1) is 22.7 Å². The summed E-state index contributed by atoms with van der Waals surface area (Å²) in [6, 6.07) is 28.9. The number of hydrogen-bond acceptors (Lipinski definition) is 5. The molecule has 0 spiro atoms. The molecule has 10 heteroatoms. The summed E-state index contributed by atoms with van der Waals surface area (Å²) in [6.45, 7) is 1.51. The third kappa shape index (κ3) is 8.57. The third-order valence-corrected chi connectivity index (χ3v) is 10.9. The maximum atomic E-state index is 14.7. The lowest BCUT2D eigenvalue weighted by molar-refractivity contribution is -0.140. The maximum absolute atomic E-state index is 14.7. The van der Waals surface area contributed by atoms with Crippen molar-refractivity contribution in [3.8, 4) is 5.75 Å². The molecule has 0 aliphatic heterocycles. The Morgan fingerprint density at radius 2 is 1.54 bits per heavy atom. The molecule has 1 saturated carbocycles. The molecule has 0 saturated heterocycles. The Labute approximate surface area is 288 Å². The topological polar surface area (TPSA) is 96.0 Å². The van der Waals surface area contributed by atoms with Gasteiger partial charge in [0.15, 0.2) is 0 Å². The molecule has 8 nitrogen and oxygen atoms in total. The van der Waals surface area contributed by atoms with E-state index in [1.807, 2.05) is 61.5 Å². The Bertz CT molecular complexity index is 1800. The van der Waals surface area contributed by atoms with E-state index < -0.39 is 28.5 Å². The van der Waals surface area contributed by atoms with Crippen molar-refractivity contribution in [3.63, 3.8) is 0 Å². The molecule has 0 heterocycles. The number of amides is 2. The van der Waals surface area contributed by atoms with E-state index in [2.05, 4.69) is 5.32 Å². The van der Waals surface area contributed by atoms with Crippen molar-refractivity contribution in [1.82, 2.24) is 10.2 Å². The zero-order valence-corrected chi connectivity index (χ0v) is 28.9. The zero-order valence-electron chi connectivity index (χ0n) is 27.3. The van der Waals surface area contributed by atoms with Gasteiger partial charge in [0.2, 0.25) is 11.8 Å². The summed E-state index contributed by atoms with van der Waals surface area (Å²) in [5, 5.41) is 3.44. The summed E-state index contributed by atoms with van der Waals surface area (Å²) in [6.07, 6.45) is 5.25. The van der Waals surface area contributed by atoms with Crippen LogP contribution in [0.1, 0.15) is 48.8 Å². The number of benzene rings is 4. The second kappa shape index (κ2) is 16.2. The van der Waals surface area contributed by atoms with Crippen molar-refractivity contribution in [1.29, 1.82) is 0 Å². The number of aryl methyl sites for hydroxylation is 1. The number of rotatable bonds is 13. The van der Waals surface area contributed by atoms with Crippen LogP contribution < -0.4 is 14.4 Å². The molecular weight excluding hydrogens is 646 g/mol. The van der Waals surface area contributed by atoms with E-state index in [-0.39, 0.29) is 40.5 Å². The summed E-state index contributed by atoms with van der Waals surface area (Å²) in [5.74, 6) is -0.408. The number of nitrogens with zero attached hydrogens (tertiary/aromatic N) is 2. The van der Waals surface area contributed by atoms with Crippen molar-refractivity contribution in [3.05, 3.63) is 125 Å².